The van der Waals surface area contributed by atoms with Crippen molar-refractivity contribution in [1.29, 1.82) is 0 Å². The summed E-state index contributed by atoms with van der Waals surface area (Å²) in [5.74, 6) is -6.29. The van der Waals surface area contributed by atoms with Crippen LogP contribution in [0.4, 0.5) is 0 Å². The van der Waals surface area contributed by atoms with E-state index in [1.54, 1.807) is 60.0 Å². The molecule has 0 aliphatic rings. The van der Waals surface area contributed by atoms with E-state index in [0.29, 0.717) is 46.6 Å². The van der Waals surface area contributed by atoms with Gasteiger partial charge in [0.2, 0.25) is 0 Å². The number of nitrogens with zero attached hydrogens (tertiary/aromatic N) is 6. The molecule has 0 spiro atoms. The first-order valence-electron chi connectivity index (χ1n) is 20.8. The zero-order valence-electron chi connectivity index (χ0n) is 36.6. The summed E-state index contributed by atoms with van der Waals surface area (Å²) in [7, 11) is 0. The first-order chi connectivity index (χ1) is 30.2. The predicted octanol–water partition coefficient (Wildman–Crippen LogP) is 5.82. The maximum atomic E-state index is 14.2. The van der Waals surface area contributed by atoms with Crippen LogP contribution >= 0.6 is 0 Å². The van der Waals surface area contributed by atoms with Crippen LogP contribution in [0.15, 0.2) is 48.5 Å². The third-order valence-electron chi connectivity index (χ3n) is 9.02. The molecule has 338 valence electrons. The standard InChI is InChI=1S/C43H52N6O14/c1-9-19-32-44-31(10-2)39(41(56)63-43(60-36(53)14-6,61-37(54)15-7)62-38(55)16-8)48(32)26-27-22-24-28(25-23-27)29-20-17-18-21-30(29)40-45-46-47-49(40)42(57-33(50)11-3,58-34(51)12-4)59-35(52)13-5/h17-18,20-25H,9-16,19,26H2,1-8H3. The number of imidazole rings is 1. The van der Waals surface area contributed by atoms with Gasteiger partial charge in [-0.3, -0.25) is 28.8 Å². The Morgan fingerprint density at radius 3 is 1.52 bits per heavy atom. The Morgan fingerprint density at radius 2 is 1.06 bits per heavy atom. The molecule has 0 aliphatic carbocycles. The van der Waals surface area contributed by atoms with Gasteiger partial charge in [0.1, 0.15) is 5.82 Å². The lowest BCUT2D eigenvalue weighted by Gasteiger charge is -2.30. The summed E-state index contributed by atoms with van der Waals surface area (Å²) in [5.41, 5.74) is 2.52. The molecule has 0 atom stereocenters. The average molecular weight is 877 g/mol. The monoisotopic (exact) mass is 876 g/mol. The highest BCUT2D eigenvalue weighted by atomic mass is 17.0. The predicted molar refractivity (Wildman–Crippen MR) is 218 cm³/mol. The molecule has 20 heteroatoms. The van der Waals surface area contributed by atoms with Gasteiger partial charge in [0, 0.05) is 57.1 Å². The molecule has 0 bridgehead atoms. The molecule has 4 rings (SSSR count). The molecule has 2 aromatic heterocycles. The molecule has 0 amide bonds. The van der Waals surface area contributed by atoms with E-state index in [0.717, 1.165) is 4.68 Å². The fraction of sp³-hybridized carbons (Fsp3) is 0.465. The number of tetrazole rings is 1. The summed E-state index contributed by atoms with van der Waals surface area (Å²) < 4.78 is 40.2. The number of aromatic nitrogens is 6. The average Bonchev–Trinajstić information content (AvgIpc) is 3.92. The van der Waals surface area contributed by atoms with E-state index in [1.165, 1.54) is 41.5 Å². The van der Waals surface area contributed by atoms with Crippen molar-refractivity contribution in [3.05, 3.63) is 71.3 Å². The van der Waals surface area contributed by atoms with Crippen LogP contribution in [0.1, 0.15) is 128 Å². The highest BCUT2D eigenvalue weighted by Gasteiger charge is 2.51. The Labute approximate surface area is 363 Å². The number of carbonyl (C=O) groups is 7. The minimum atomic E-state index is -3.14. The largest absolute Gasteiger partial charge is 0.620 e. The number of ether oxygens (including phenoxy) is 7. The summed E-state index contributed by atoms with van der Waals surface area (Å²) in [5, 5.41) is 11.9. The Bertz CT molecular complexity index is 2190. The number of esters is 7. The fourth-order valence-corrected chi connectivity index (χ4v) is 5.82. The third kappa shape index (κ3) is 11.9. The zero-order valence-corrected chi connectivity index (χ0v) is 36.6. The van der Waals surface area contributed by atoms with E-state index >= 15 is 0 Å². The van der Waals surface area contributed by atoms with Gasteiger partial charge in [-0.25, -0.2) is 9.78 Å². The van der Waals surface area contributed by atoms with Crippen molar-refractivity contribution in [3.63, 3.8) is 0 Å². The second-order valence-corrected chi connectivity index (χ2v) is 13.5. The lowest BCUT2D eigenvalue weighted by molar-refractivity contribution is -0.428. The van der Waals surface area contributed by atoms with Crippen LogP contribution in [-0.2, 0) is 87.4 Å². The first kappa shape index (κ1) is 48.7. The van der Waals surface area contributed by atoms with Crippen LogP contribution < -0.4 is 0 Å². The minimum Gasteiger partial charge on any atom is -0.368 e. The molecule has 20 nitrogen and oxygen atoms in total. The second-order valence-electron chi connectivity index (χ2n) is 13.5. The van der Waals surface area contributed by atoms with Crippen LogP contribution in [0.3, 0.4) is 0 Å². The first-order valence-corrected chi connectivity index (χ1v) is 20.8. The molecule has 0 saturated carbocycles. The summed E-state index contributed by atoms with van der Waals surface area (Å²) in [6.07, 6.45) is -5.81. The van der Waals surface area contributed by atoms with Gasteiger partial charge in [-0.2, -0.15) is 0 Å². The molecule has 0 radical (unpaired) electrons. The van der Waals surface area contributed by atoms with Crippen molar-refractivity contribution in [2.75, 3.05) is 0 Å². The van der Waals surface area contributed by atoms with Gasteiger partial charge in [0.25, 0.3) is 0 Å². The molecule has 0 saturated heterocycles. The quantitative estimate of drug-likeness (QED) is 0.0666. The van der Waals surface area contributed by atoms with E-state index in [4.69, 9.17) is 38.1 Å². The Kier molecular flexibility index (Phi) is 17.2. The molecular weight excluding hydrogens is 825 g/mol. The molecule has 63 heavy (non-hydrogen) atoms. The zero-order chi connectivity index (χ0) is 46.3. The highest BCUT2D eigenvalue weighted by molar-refractivity contribution is 5.90. The maximum absolute atomic E-state index is 14.2. The minimum absolute atomic E-state index is 0.0565. The van der Waals surface area contributed by atoms with Crippen LogP contribution in [-0.4, -0.2) is 77.7 Å². The van der Waals surface area contributed by atoms with Crippen molar-refractivity contribution in [2.24, 2.45) is 0 Å². The maximum Gasteiger partial charge on any atom is 0.620 e. The van der Waals surface area contributed by atoms with Crippen molar-refractivity contribution in [3.8, 4) is 22.5 Å². The molecule has 0 aliphatic heterocycles. The summed E-state index contributed by atoms with van der Waals surface area (Å²) >= 11 is 0. The van der Waals surface area contributed by atoms with Crippen LogP contribution in [0.2, 0.25) is 0 Å². The number of benzene rings is 2. The van der Waals surface area contributed by atoms with E-state index in [2.05, 4.69) is 15.5 Å². The van der Waals surface area contributed by atoms with Crippen molar-refractivity contribution < 1.29 is 66.7 Å². The van der Waals surface area contributed by atoms with Crippen LogP contribution in [0.25, 0.3) is 22.5 Å². The Balaban J connectivity index is 1.80. The van der Waals surface area contributed by atoms with E-state index < -0.39 is 54.0 Å². The van der Waals surface area contributed by atoms with Crippen molar-refractivity contribution in [2.45, 2.75) is 132 Å². The summed E-state index contributed by atoms with van der Waals surface area (Å²) in [4.78, 5) is 94.8. The van der Waals surface area contributed by atoms with E-state index in [1.807, 2.05) is 6.92 Å². The number of rotatable bonds is 22. The second kappa shape index (κ2) is 22.2. The molecule has 2 aromatic carbocycles. The topological polar surface area (TPSA) is 246 Å². The summed E-state index contributed by atoms with van der Waals surface area (Å²) in [6.45, 7) is 12.6. The van der Waals surface area contributed by atoms with Gasteiger partial charge < -0.3 is 37.7 Å². The SMILES string of the molecule is CCCc1nc(CC)c(C(=O)OC(OC(=O)CC)(OC(=O)CC)OC(=O)CC)n1Cc1ccc(-c2ccccc2-c2nnnn2C(OC(=O)CC)(OC(=O)CC)OC(=O)CC)cc1. The van der Waals surface area contributed by atoms with Crippen molar-refractivity contribution >= 4 is 41.8 Å². The van der Waals surface area contributed by atoms with E-state index in [9.17, 15) is 33.6 Å². The smallest absolute Gasteiger partial charge is 0.368 e. The van der Waals surface area contributed by atoms with Gasteiger partial charge in [-0.05, 0) is 40.0 Å². The van der Waals surface area contributed by atoms with Crippen LogP contribution in [0, 0.1) is 0 Å². The molecule has 0 N–H and O–H groups in total. The fourth-order valence-electron chi connectivity index (χ4n) is 5.82. The van der Waals surface area contributed by atoms with Gasteiger partial charge in [-0.15, -0.1) is 9.78 Å². The molecule has 2 heterocycles. The van der Waals surface area contributed by atoms with E-state index in [-0.39, 0.29) is 63.0 Å². The normalized spacial score (nSPS) is 11.3. The molecule has 0 fully saturated rings. The lowest BCUT2D eigenvalue weighted by Crippen LogP contribution is -2.48. The highest BCUT2D eigenvalue weighted by Crippen LogP contribution is 2.35. The number of hydrogen-bond acceptors (Lipinski definition) is 18. The number of aryl methyl sites for hydroxylation is 2. The molecule has 4 aromatic rings. The third-order valence-corrected chi connectivity index (χ3v) is 9.02. The lowest BCUT2D eigenvalue weighted by atomic mass is 9.98. The number of carbonyl (C=O) groups excluding carboxylic acids is 7. The Morgan fingerprint density at radius 1 is 0.587 bits per heavy atom. The van der Waals surface area contributed by atoms with Crippen LogP contribution in [0.5, 0.6) is 0 Å². The molecular formula is C43H52N6O14. The van der Waals surface area contributed by atoms with Crippen molar-refractivity contribution in [1.82, 2.24) is 29.8 Å². The van der Waals surface area contributed by atoms with Gasteiger partial charge in [0.05, 0.1) is 5.69 Å². The molecule has 0 unspecified atom stereocenters. The van der Waals surface area contributed by atoms with Gasteiger partial charge in [-0.1, -0.05) is 104 Å². The van der Waals surface area contributed by atoms with Gasteiger partial charge in [0.15, 0.2) is 11.5 Å². The number of hydrogen-bond donors (Lipinski definition) is 0. The summed E-state index contributed by atoms with van der Waals surface area (Å²) in [6, 6.07) is 14.1. The Hall–Kier alpha value is -6.99. The van der Waals surface area contributed by atoms with Gasteiger partial charge >= 0.3 is 54.0 Å².